The lowest BCUT2D eigenvalue weighted by Gasteiger charge is -2.14. The number of halogens is 4. The number of aromatic nitrogens is 1. The highest BCUT2D eigenvalue weighted by atomic mass is 35.5. The van der Waals surface area contributed by atoms with E-state index in [1.807, 2.05) is 36.4 Å². The highest BCUT2D eigenvalue weighted by Crippen LogP contribution is 2.34. The average Bonchev–Trinajstić information content (AvgIpc) is 2.79. The molecule has 0 saturated heterocycles. The fourth-order valence-corrected chi connectivity index (χ4v) is 3.89. The topological polar surface area (TPSA) is 55.4 Å². The van der Waals surface area contributed by atoms with E-state index in [1.54, 1.807) is 19.2 Å². The number of benzene rings is 3. The summed E-state index contributed by atoms with van der Waals surface area (Å²) in [6.45, 7) is 1.79. The molecule has 1 heterocycles. The van der Waals surface area contributed by atoms with Crippen molar-refractivity contribution in [1.82, 2.24) is 10.3 Å². The lowest BCUT2D eigenvalue weighted by molar-refractivity contribution is -0.274. The van der Waals surface area contributed by atoms with E-state index in [0.29, 0.717) is 30.2 Å². The van der Waals surface area contributed by atoms with Crippen LogP contribution in [0.25, 0.3) is 21.8 Å². The number of nitrogens with one attached hydrogen (secondary N) is 2. The van der Waals surface area contributed by atoms with Gasteiger partial charge in [-0.05, 0) is 67.1 Å². The molecule has 5 nitrogen and oxygen atoms in total. The summed E-state index contributed by atoms with van der Waals surface area (Å²) in [4.78, 5) is 4.72. The van der Waals surface area contributed by atoms with Crippen molar-refractivity contribution in [2.75, 3.05) is 25.5 Å². The minimum atomic E-state index is -4.70. The quantitative estimate of drug-likeness (QED) is 0.206. The molecule has 0 fully saturated rings. The Morgan fingerprint density at radius 1 is 0.912 bits per heavy atom. The van der Waals surface area contributed by atoms with Crippen LogP contribution in [0.15, 0.2) is 60.7 Å². The van der Waals surface area contributed by atoms with Gasteiger partial charge in [0.25, 0.3) is 0 Å². The lowest BCUT2D eigenvalue weighted by Crippen LogP contribution is -2.19. The largest absolute Gasteiger partial charge is 0.573 e. The summed E-state index contributed by atoms with van der Waals surface area (Å²) in [5, 5.41) is 9.29. The van der Waals surface area contributed by atoms with Crippen molar-refractivity contribution < 1.29 is 22.6 Å². The van der Waals surface area contributed by atoms with Gasteiger partial charge in [-0.2, -0.15) is 0 Å². The molecule has 178 valence electrons. The van der Waals surface area contributed by atoms with E-state index in [9.17, 15) is 13.2 Å². The molecule has 9 heteroatoms. The summed E-state index contributed by atoms with van der Waals surface area (Å²) in [5.41, 5.74) is 3.29. The van der Waals surface area contributed by atoms with Crippen LogP contribution in [0, 0.1) is 0 Å². The molecule has 0 spiro atoms. The Bertz CT molecular complexity index is 1300. The third-order valence-electron chi connectivity index (χ3n) is 5.24. The molecule has 0 aliphatic carbocycles. The van der Waals surface area contributed by atoms with Gasteiger partial charge in [0, 0.05) is 28.9 Å². The van der Waals surface area contributed by atoms with Gasteiger partial charge in [0.05, 0.1) is 23.8 Å². The van der Waals surface area contributed by atoms with Gasteiger partial charge in [0.15, 0.2) is 0 Å². The summed E-state index contributed by atoms with van der Waals surface area (Å²) in [7, 11) is 1.62. The van der Waals surface area contributed by atoms with Crippen molar-refractivity contribution in [3.63, 3.8) is 0 Å². The van der Waals surface area contributed by atoms with Crippen LogP contribution in [0.1, 0.15) is 12.0 Å². The van der Waals surface area contributed by atoms with Crippen molar-refractivity contribution in [1.29, 1.82) is 0 Å². The second kappa shape index (κ2) is 10.4. The Labute approximate surface area is 199 Å². The summed E-state index contributed by atoms with van der Waals surface area (Å²) in [6, 6.07) is 17.3. The predicted octanol–water partition coefficient (Wildman–Crippen LogP) is 6.54. The highest BCUT2D eigenvalue weighted by molar-refractivity contribution is 6.31. The number of hydrogen-bond donors (Lipinski definition) is 2. The molecule has 0 radical (unpaired) electrons. The number of rotatable bonds is 9. The fraction of sp³-hybridized carbons (Fsp3) is 0.240. The first kappa shape index (κ1) is 23.9. The molecular weight excluding hydrogens is 467 g/mol. The molecule has 3 aromatic carbocycles. The fourth-order valence-electron chi connectivity index (χ4n) is 3.73. The van der Waals surface area contributed by atoms with Crippen LogP contribution in [-0.4, -0.2) is 31.5 Å². The Hall–Kier alpha value is -3.23. The maximum absolute atomic E-state index is 12.4. The van der Waals surface area contributed by atoms with Gasteiger partial charge >= 0.3 is 6.36 Å². The van der Waals surface area contributed by atoms with Crippen LogP contribution in [0.5, 0.6) is 11.5 Å². The third kappa shape index (κ3) is 6.01. The van der Waals surface area contributed by atoms with Gasteiger partial charge in [-0.1, -0.05) is 23.7 Å². The number of methoxy groups -OCH3 is 1. The van der Waals surface area contributed by atoms with E-state index >= 15 is 0 Å². The molecule has 4 aromatic rings. The minimum absolute atomic E-state index is 0.222. The second-order valence-electron chi connectivity index (χ2n) is 7.68. The molecule has 0 saturated carbocycles. The van der Waals surface area contributed by atoms with Gasteiger partial charge in [0.1, 0.15) is 11.5 Å². The Morgan fingerprint density at radius 2 is 1.76 bits per heavy atom. The van der Waals surface area contributed by atoms with E-state index in [2.05, 4.69) is 15.4 Å². The van der Waals surface area contributed by atoms with E-state index < -0.39 is 6.36 Å². The number of anilines is 1. The van der Waals surface area contributed by atoms with Gasteiger partial charge in [-0.15, -0.1) is 13.2 Å². The Balaban J connectivity index is 1.39. The molecule has 4 rings (SSSR count). The average molecular weight is 490 g/mol. The third-order valence-corrected chi connectivity index (χ3v) is 5.47. The number of alkyl halides is 3. The molecule has 0 bridgehead atoms. The number of ether oxygens (including phenoxy) is 2. The van der Waals surface area contributed by atoms with Crippen LogP contribution in [-0.2, 0) is 6.54 Å². The molecule has 0 aliphatic rings. The smallest absolute Gasteiger partial charge is 0.497 e. The number of nitrogens with zero attached hydrogens (tertiary/aromatic N) is 1. The second-order valence-corrected chi connectivity index (χ2v) is 8.12. The lowest BCUT2D eigenvalue weighted by atomic mass is 10.1. The summed E-state index contributed by atoms with van der Waals surface area (Å²) in [6.07, 6.45) is -3.91. The van der Waals surface area contributed by atoms with Gasteiger partial charge in [0.2, 0.25) is 0 Å². The zero-order valence-electron chi connectivity index (χ0n) is 18.4. The van der Waals surface area contributed by atoms with Crippen LogP contribution in [0.2, 0.25) is 5.02 Å². The normalized spacial score (nSPS) is 11.7. The van der Waals surface area contributed by atoms with Gasteiger partial charge in [-0.25, -0.2) is 4.98 Å². The van der Waals surface area contributed by atoms with Crippen LogP contribution in [0.4, 0.5) is 18.9 Å². The Morgan fingerprint density at radius 3 is 2.56 bits per heavy atom. The summed E-state index contributed by atoms with van der Waals surface area (Å²) < 4.78 is 46.6. The maximum Gasteiger partial charge on any atom is 0.573 e. The molecule has 0 atom stereocenters. The number of fused-ring (bicyclic) bond motifs is 2. The van der Waals surface area contributed by atoms with E-state index in [-0.39, 0.29) is 5.75 Å². The van der Waals surface area contributed by atoms with Crippen LogP contribution in [0.3, 0.4) is 0 Å². The molecule has 2 N–H and O–H groups in total. The van der Waals surface area contributed by atoms with Crippen molar-refractivity contribution in [2.24, 2.45) is 0 Å². The molecule has 1 aromatic heterocycles. The molecule has 0 amide bonds. The SMILES string of the molecule is COc1ccc2nc3cc(Cl)ccc3c(NCCCNCc3cccc(OC(F)(F)F)c3)c2c1. The maximum atomic E-state index is 12.4. The molecule has 0 unspecified atom stereocenters. The first-order valence-corrected chi connectivity index (χ1v) is 11.1. The monoisotopic (exact) mass is 489 g/mol. The van der Waals surface area contributed by atoms with E-state index in [1.165, 1.54) is 12.1 Å². The molecule has 34 heavy (non-hydrogen) atoms. The van der Waals surface area contributed by atoms with Crippen molar-refractivity contribution in [3.8, 4) is 11.5 Å². The van der Waals surface area contributed by atoms with Crippen LogP contribution < -0.4 is 20.1 Å². The number of hydrogen-bond acceptors (Lipinski definition) is 5. The molecule has 0 aliphatic heterocycles. The van der Waals surface area contributed by atoms with E-state index in [0.717, 1.165) is 39.7 Å². The zero-order chi connectivity index (χ0) is 24.1. The predicted molar refractivity (Wildman–Crippen MR) is 129 cm³/mol. The van der Waals surface area contributed by atoms with Crippen molar-refractivity contribution in [3.05, 3.63) is 71.2 Å². The Kier molecular flexibility index (Phi) is 7.29. The first-order chi connectivity index (χ1) is 16.3. The minimum Gasteiger partial charge on any atom is -0.497 e. The van der Waals surface area contributed by atoms with Crippen LogP contribution >= 0.6 is 11.6 Å². The van der Waals surface area contributed by atoms with Crippen molar-refractivity contribution >= 4 is 39.1 Å². The number of pyridine rings is 1. The van der Waals surface area contributed by atoms with Gasteiger partial charge in [-0.3, -0.25) is 0 Å². The summed E-state index contributed by atoms with van der Waals surface area (Å²) in [5.74, 6) is 0.518. The highest BCUT2D eigenvalue weighted by Gasteiger charge is 2.31. The zero-order valence-corrected chi connectivity index (χ0v) is 19.1. The summed E-state index contributed by atoms with van der Waals surface area (Å²) >= 11 is 6.17. The van der Waals surface area contributed by atoms with Crippen molar-refractivity contribution in [2.45, 2.75) is 19.3 Å². The first-order valence-electron chi connectivity index (χ1n) is 10.7. The van der Waals surface area contributed by atoms with Gasteiger partial charge < -0.3 is 20.1 Å². The standard InChI is InChI=1S/C25H23ClF3N3O2/c1-33-18-7-9-22-21(14-18)24(20-8-6-17(26)13-23(20)32-22)31-11-3-10-30-15-16-4-2-5-19(12-16)34-25(27,28)29/h2,4-9,12-14,30H,3,10-11,15H2,1H3,(H,31,32). The molecular formula is C25H23ClF3N3O2. The van der Waals surface area contributed by atoms with E-state index in [4.69, 9.17) is 21.3 Å².